The molecule has 0 spiro atoms. The fourth-order valence-electron chi connectivity index (χ4n) is 8.82. The Morgan fingerprint density at radius 2 is 0.916 bits per heavy atom. The van der Waals surface area contributed by atoms with Crippen molar-refractivity contribution in [1.82, 2.24) is 53.2 Å². The number of benzene rings is 1. The van der Waals surface area contributed by atoms with Crippen molar-refractivity contribution in [2.24, 2.45) is 23.3 Å². The number of nitrogens with one attached hydrogen (secondary N) is 10. The number of hydrogen-bond acceptors (Lipinski definition) is 16. The van der Waals surface area contributed by atoms with Crippen LogP contribution in [-0.4, -0.2) is 168 Å². The molecule has 0 aliphatic carbocycles. The summed E-state index contributed by atoms with van der Waals surface area (Å²) in [6.45, 7) is 12.4. The smallest absolute Gasteiger partial charge is 0.255 e. The van der Waals surface area contributed by atoms with Crippen LogP contribution in [0, 0.1) is 11.8 Å². The molecule has 466 valence electrons. The highest BCUT2D eigenvalue weighted by Crippen LogP contribution is 2.24. The van der Waals surface area contributed by atoms with Crippen LogP contribution in [0.5, 0.6) is 11.5 Å². The topological polar surface area (TPSA) is 436 Å². The summed E-state index contributed by atoms with van der Waals surface area (Å²) in [6.07, 6.45) is -0.664. The van der Waals surface area contributed by atoms with E-state index in [0.717, 1.165) is 39.5 Å². The summed E-state index contributed by atoms with van der Waals surface area (Å²) in [7, 11) is 2.81. The first-order chi connectivity index (χ1) is 39.0. The van der Waals surface area contributed by atoms with E-state index in [2.05, 4.69) is 60.1 Å². The number of carbonyl (C=O) groups is 12. The summed E-state index contributed by atoms with van der Waals surface area (Å²) < 4.78 is 10.6. The Kier molecular flexibility index (Phi) is 31.1. The molecule has 2 rings (SSSR count). The average molecular weight is 1180 g/mol. The third-order valence-corrected chi connectivity index (χ3v) is 13.4. The molecule has 83 heavy (non-hydrogen) atoms. The monoisotopic (exact) mass is 1170 g/mol. The molecule has 11 atom stereocenters. The number of aliphatic hydroxyl groups is 2. The van der Waals surface area contributed by atoms with Crippen LogP contribution >= 0.6 is 0 Å². The van der Waals surface area contributed by atoms with Crippen molar-refractivity contribution in [3.63, 3.8) is 0 Å². The Balaban J connectivity index is 2.83. The molecule has 1 heterocycles. The molecule has 16 N–H and O–H groups in total. The predicted molar refractivity (Wildman–Crippen MR) is 302 cm³/mol. The molecule has 1 saturated heterocycles. The molecule has 28 heteroatoms. The molecule has 1 aromatic rings. The molecule has 1 fully saturated rings. The lowest BCUT2D eigenvalue weighted by atomic mass is 9.99. The summed E-state index contributed by atoms with van der Waals surface area (Å²) in [5, 5.41) is 46.7. The van der Waals surface area contributed by atoms with Crippen LogP contribution in [0.1, 0.15) is 149 Å². The molecule has 0 unspecified atom stereocenters. The molecule has 28 nitrogen and oxygen atoms in total. The van der Waals surface area contributed by atoms with Gasteiger partial charge in [0.1, 0.15) is 65.9 Å². The minimum Gasteiger partial charge on any atom is -0.497 e. The first kappa shape index (κ1) is 71.5. The van der Waals surface area contributed by atoms with Gasteiger partial charge in [-0.15, -0.1) is 0 Å². The molecule has 0 saturated carbocycles. The normalized spacial score (nSPS) is 24.0. The zero-order valence-electron chi connectivity index (χ0n) is 49.4. The highest BCUT2D eigenvalue weighted by molar-refractivity contribution is 6.01. The van der Waals surface area contributed by atoms with Crippen LogP contribution in [0.15, 0.2) is 18.2 Å². The second-order valence-corrected chi connectivity index (χ2v) is 21.7. The van der Waals surface area contributed by atoms with Gasteiger partial charge in [0.25, 0.3) is 5.91 Å². The van der Waals surface area contributed by atoms with Gasteiger partial charge in [-0.2, -0.15) is 0 Å². The Morgan fingerprint density at radius 1 is 0.518 bits per heavy atom. The first-order valence-corrected chi connectivity index (χ1v) is 28.2. The fourth-order valence-corrected chi connectivity index (χ4v) is 8.82. The Bertz CT molecular complexity index is 2400. The number of hydrogen-bond donors (Lipinski definition) is 14. The molecule has 1 aliphatic rings. The van der Waals surface area contributed by atoms with Gasteiger partial charge in [-0.25, -0.2) is 0 Å². The summed E-state index contributed by atoms with van der Waals surface area (Å²) in [5.74, 6) is -12.2. The number of ether oxygens (including phenoxy) is 2. The summed E-state index contributed by atoms with van der Waals surface area (Å²) in [4.78, 5) is 165. The third kappa shape index (κ3) is 25.2. The number of primary amides is 2. The lowest BCUT2D eigenvalue weighted by molar-refractivity contribution is -0.138. The zero-order chi connectivity index (χ0) is 62.7. The maximum atomic E-state index is 14.6. The second-order valence-electron chi connectivity index (χ2n) is 21.7. The van der Waals surface area contributed by atoms with Crippen molar-refractivity contribution >= 4 is 70.9 Å². The van der Waals surface area contributed by atoms with Crippen LogP contribution in [-0.2, 0) is 52.7 Å². The lowest BCUT2D eigenvalue weighted by Crippen LogP contribution is -2.62. The molecule has 0 aromatic heterocycles. The van der Waals surface area contributed by atoms with Crippen LogP contribution in [0.4, 0.5) is 0 Å². The van der Waals surface area contributed by atoms with E-state index in [9.17, 15) is 67.7 Å². The van der Waals surface area contributed by atoms with Gasteiger partial charge in [-0.3, -0.25) is 57.5 Å². The highest BCUT2D eigenvalue weighted by atomic mass is 16.5. The van der Waals surface area contributed by atoms with Gasteiger partial charge in [-0.05, 0) is 76.8 Å². The Hall–Kier alpha value is -7.62. The van der Waals surface area contributed by atoms with Crippen LogP contribution in [0.25, 0.3) is 0 Å². The van der Waals surface area contributed by atoms with E-state index >= 15 is 0 Å². The summed E-state index contributed by atoms with van der Waals surface area (Å²) >= 11 is 0. The van der Waals surface area contributed by atoms with Gasteiger partial charge in [0.2, 0.25) is 65.0 Å². The second kappa shape index (κ2) is 36.1. The number of unbranched alkanes of at least 4 members (excludes halogenated alkanes) is 5. The van der Waals surface area contributed by atoms with E-state index in [4.69, 9.17) is 20.9 Å². The Morgan fingerprint density at radius 3 is 1.39 bits per heavy atom. The zero-order valence-corrected chi connectivity index (χ0v) is 49.4. The van der Waals surface area contributed by atoms with Crippen LogP contribution in [0.3, 0.4) is 0 Å². The van der Waals surface area contributed by atoms with Crippen molar-refractivity contribution < 1.29 is 77.2 Å². The molecule has 1 aliphatic heterocycles. The standard InChI is InChI=1S/C55H90N12O16/c1-11-12-13-14-15-16-18-35-48(74)60-36(19-17-22-58-47(73)34-21-20-33(82-9)25-41(34)83-10)49(75)66-44(31(7)68)54(80)59-30(6)46(72)62-39(26-42(56)70)51(77)64-40(27-43(57)71)52(78)63-38(24-29(4)5)53(79)67-45(32(8)69)55(81)65-37(23-28(2)3)50(76)61-35/h20-21,25,28-32,35-40,44-45,68-69H,11-19,22-24,26-27H2,1-10H3,(H2,56,70)(H2,57,71)(H,58,73)(H,59,80)(H,60,74)(H,61,76)(H,62,72)(H,63,78)(H,64,77)(H,65,81)(H,66,75)(H,67,79)/t30-,31+,32+,35+,36-,37+,38+,39-,40+,44-,45-/m0/s1. The van der Waals surface area contributed by atoms with Gasteiger partial charge in [0.05, 0.1) is 44.8 Å². The van der Waals surface area contributed by atoms with Gasteiger partial charge < -0.3 is 84.3 Å². The molecule has 1 aromatic carbocycles. The van der Waals surface area contributed by atoms with Crippen LogP contribution in [0.2, 0.25) is 0 Å². The number of amides is 12. The quantitative estimate of drug-likeness (QED) is 0.0496. The van der Waals surface area contributed by atoms with Gasteiger partial charge >= 0.3 is 0 Å². The number of nitrogens with two attached hydrogens (primary N) is 2. The van der Waals surface area contributed by atoms with Gasteiger partial charge in [-0.1, -0.05) is 73.1 Å². The van der Waals surface area contributed by atoms with Gasteiger partial charge in [0, 0.05) is 12.6 Å². The predicted octanol–water partition coefficient (Wildman–Crippen LogP) is -2.03. The minimum atomic E-state index is -1.87. The molecule has 12 amide bonds. The SMILES string of the molecule is CCCCCCCC[C@H]1NC(=O)[C@@H](CC(C)C)NC(=O)[C@H]([C@@H](C)O)NC(=O)[C@@H](CC(C)C)NC(=O)[C@@H](CC(N)=O)NC(=O)[C@H](CC(N)=O)NC(=O)[C@H](C)NC(=O)[C@H]([C@@H](C)O)NC(=O)[C@H](CCCNC(=O)c2ccc(OC)cc2OC)NC1=O. The van der Waals surface area contributed by atoms with Crippen molar-refractivity contribution in [2.75, 3.05) is 20.8 Å². The fraction of sp³-hybridized carbons (Fsp3) is 0.673. The van der Waals surface area contributed by atoms with Crippen molar-refractivity contribution in [3.05, 3.63) is 23.8 Å². The molecular weight excluding hydrogens is 1080 g/mol. The number of aliphatic hydroxyl groups excluding tert-OH is 2. The van der Waals surface area contributed by atoms with Crippen LogP contribution < -0.4 is 74.1 Å². The van der Waals surface area contributed by atoms with Crippen molar-refractivity contribution in [1.29, 1.82) is 0 Å². The number of rotatable bonds is 24. The van der Waals surface area contributed by atoms with Gasteiger partial charge in [0.15, 0.2) is 0 Å². The third-order valence-electron chi connectivity index (χ3n) is 13.4. The van der Waals surface area contributed by atoms with E-state index in [1.54, 1.807) is 33.8 Å². The number of methoxy groups -OCH3 is 2. The highest BCUT2D eigenvalue weighted by Gasteiger charge is 2.38. The maximum absolute atomic E-state index is 14.6. The average Bonchev–Trinajstić information content (AvgIpc) is 3.40. The minimum absolute atomic E-state index is 0.00895. The molecule has 0 radical (unpaired) electrons. The van der Waals surface area contributed by atoms with E-state index in [0.29, 0.717) is 18.6 Å². The van der Waals surface area contributed by atoms with Crippen molar-refractivity contribution in [3.8, 4) is 11.5 Å². The largest absolute Gasteiger partial charge is 0.497 e. The Labute approximate surface area is 484 Å². The van der Waals surface area contributed by atoms with E-state index < -0.39 is 150 Å². The molecule has 0 bridgehead atoms. The number of carbonyl (C=O) groups excluding carboxylic acids is 12. The van der Waals surface area contributed by atoms with E-state index in [1.807, 2.05) is 0 Å². The first-order valence-electron chi connectivity index (χ1n) is 28.2. The van der Waals surface area contributed by atoms with E-state index in [1.165, 1.54) is 33.3 Å². The molecular formula is C55H90N12O16. The maximum Gasteiger partial charge on any atom is 0.255 e. The van der Waals surface area contributed by atoms with Crippen molar-refractivity contribution in [2.45, 2.75) is 205 Å². The van der Waals surface area contributed by atoms with E-state index in [-0.39, 0.29) is 61.8 Å². The summed E-state index contributed by atoms with van der Waals surface area (Å²) in [5.41, 5.74) is 11.0. The summed E-state index contributed by atoms with van der Waals surface area (Å²) in [6, 6.07) is -10.2. The lowest BCUT2D eigenvalue weighted by Gasteiger charge is -2.29.